The summed E-state index contributed by atoms with van der Waals surface area (Å²) in [5.74, 6) is -0.660. The molecule has 2 fully saturated rings. The molecule has 1 aliphatic carbocycles. The van der Waals surface area contributed by atoms with Crippen molar-refractivity contribution in [3.8, 4) is 5.75 Å². The fraction of sp³-hybridized carbons (Fsp3) is 0.583. The van der Waals surface area contributed by atoms with Crippen molar-refractivity contribution < 1.29 is 28.9 Å². The van der Waals surface area contributed by atoms with E-state index in [0.717, 1.165) is 30.8 Å². The van der Waals surface area contributed by atoms with Crippen molar-refractivity contribution in [2.24, 2.45) is 5.41 Å². The van der Waals surface area contributed by atoms with Crippen LogP contribution in [0.5, 0.6) is 5.75 Å². The van der Waals surface area contributed by atoms with Crippen molar-refractivity contribution >= 4 is 17.6 Å². The number of benzene rings is 1. The number of esters is 2. The molecule has 8 heteroatoms. The number of nitrogens with zero attached hydrogens (tertiary/aromatic N) is 1. The maximum atomic E-state index is 13.3. The van der Waals surface area contributed by atoms with E-state index in [2.05, 4.69) is 22.4 Å². The van der Waals surface area contributed by atoms with E-state index in [1.165, 1.54) is 14.0 Å². The van der Waals surface area contributed by atoms with Crippen molar-refractivity contribution in [3.05, 3.63) is 35.9 Å². The summed E-state index contributed by atoms with van der Waals surface area (Å²) >= 11 is 0. The molecule has 2 unspecified atom stereocenters. The Morgan fingerprint density at radius 2 is 2.09 bits per heavy atom. The Labute approximate surface area is 187 Å². The van der Waals surface area contributed by atoms with Gasteiger partial charge in [-0.15, -0.1) is 0 Å². The second-order valence-corrected chi connectivity index (χ2v) is 9.35. The van der Waals surface area contributed by atoms with Crippen molar-refractivity contribution in [2.75, 3.05) is 32.6 Å². The minimum atomic E-state index is -2.09. The summed E-state index contributed by atoms with van der Waals surface area (Å²) in [5, 5.41) is 15.7. The molecule has 1 aromatic rings. The monoisotopic (exact) mass is 442 g/mol. The van der Waals surface area contributed by atoms with E-state index in [-0.39, 0.29) is 6.04 Å². The van der Waals surface area contributed by atoms with Gasteiger partial charge in [-0.3, -0.25) is 9.69 Å². The van der Waals surface area contributed by atoms with Gasteiger partial charge in [0.2, 0.25) is 5.60 Å². The molecule has 3 aliphatic heterocycles. The minimum Gasteiger partial charge on any atom is -0.497 e. The Balaban J connectivity index is 1.82. The fourth-order valence-electron chi connectivity index (χ4n) is 7.18. The van der Waals surface area contributed by atoms with E-state index >= 15 is 0 Å². The lowest BCUT2D eigenvalue weighted by atomic mass is 9.48. The summed E-state index contributed by atoms with van der Waals surface area (Å²) in [6, 6.07) is 5.06. The van der Waals surface area contributed by atoms with Gasteiger partial charge in [-0.25, -0.2) is 4.79 Å². The summed E-state index contributed by atoms with van der Waals surface area (Å²) in [5.41, 5.74) is -1.55. The van der Waals surface area contributed by atoms with E-state index < -0.39 is 40.5 Å². The summed E-state index contributed by atoms with van der Waals surface area (Å²) in [7, 11) is 2.86. The van der Waals surface area contributed by atoms with Gasteiger partial charge in [0, 0.05) is 42.1 Å². The third-order valence-electron chi connectivity index (χ3n) is 8.22. The third kappa shape index (κ3) is 2.34. The van der Waals surface area contributed by atoms with Crippen molar-refractivity contribution in [3.63, 3.8) is 0 Å². The van der Waals surface area contributed by atoms with E-state index in [1.54, 1.807) is 7.11 Å². The van der Waals surface area contributed by atoms with Crippen LogP contribution in [-0.2, 0) is 24.5 Å². The van der Waals surface area contributed by atoms with Gasteiger partial charge in [-0.1, -0.05) is 25.1 Å². The zero-order valence-electron chi connectivity index (χ0n) is 18.9. The average molecular weight is 443 g/mol. The molecule has 0 aromatic heterocycles. The normalized spacial score (nSPS) is 38.8. The largest absolute Gasteiger partial charge is 0.497 e. The highest BCUT2D eigenvalue weighted by atomic mass is 16.6. The molecule has 2 N–H and O–H groups in total. The maximum absolute atomic E-state index is 13.3. The average Bonchev–Trinajstić information content (AvgIpc) is 3.35. The third-order valence-corrected chi connectivity index (χ3v) is 8.22. The number of anilines is 1. The molecule has 5 rings (SSSR count). The van der Waals surface area contributed by atoms with Gasteiger partial charge in [0.25, 0.3) is 0 Å². The SMILES string of the molecule is CC[C@]12C=CCN3CC[C@@]4(c5ccc(OC)cc5NC4C(O)(C(=O)OC)[C@@H]1OC(C)=O)[C@@H]32. The van der Waals surface area contributed by atoms with Gasteiger partial charge in [-0.2, -0.15) is 0 Å². The van der Waals surface area contributed by atoms with Crippen LogP contribution in [0.4, 0.5) is 5.69 Å². The molecule has 1 aromatic carbocycles. The van der Waals surface area contributed by atoms with Crippen LogP contribution in [0, 0.1) is 5.41 Å². The zero-order chi connectivity index (χ0) is 22.9. The lowest BCUT2D eigenvalue weighted by Gasteiger charge is -2.62. The lowest BCUT2D eigenvalue weighted by Crippen LogP contribution is -2.80. The smallest absolute Gasteiger partial charge is 0.344 e. The predicted molar refractivity (Wildman–Crippen MR) is 116 cm³/mol. The number of fused-ring (bicyclic) bond motifs is 1. The van der Waals surface area contributed by atoms with Crippen molar-refractivity contribution in [2.45, 2.75) is 55.9 Å². The first-order valence-electron chi connectivity index (χ1n) is 11.1. The number of hydrogen-bond acceptors (Lipinski definition) is 8. The molecule has 1 spiro atoms. The van der Waals surface area contributed by atoms with E-state index in [1.807, 2.05) is 25.1 Å². The van der Waals surface area contributed by atoms with E-state index in [0.29, 0.717) is 12.2 Å². The fourth-order valence-corrected chi connectivity index (χ4v) is 7.18. The Morgan fingerprint density at radius 3 is 2.75 bits per heavy atom. The Morgan fingerprint density at radius 1 is 1.31 bits per heavy atom. The molecular formula is C24H30N2O6. The standard InChI is InChI=1S/C24H30N2O6/c1-5-22-9-6-11-26-12-10-23(19(22)26)16-8-7-15(30-3)13-17(16)25-18(23)24(29,21(28)31-4)20(22)32-14(2)27/h6-9,13,18-20,25,29H,5,10-12H2,1-4H3/t18?,19-,20+,22+,23-,24?/m0/s1. The molecular weight excluding hydrogens is 412 g/mol. The van der Waals surface area contributed by atoms with E-state index in [4.69, 9.17) is 14.2 Å². The van der Waals surface area contributed by atoms with Crippen LogP contribution in [0.2, 0.25) is 0 Å². The first-order valence-corrected chi connectivity index (χ1v) is 11.1. The molecule has 32 heavy (non-hydrogen) atoms. The van der Waals surface area contributed by atoms with Gasteiger partial charge >= 0.3 is 11.9 Å². The molecule has 0 amide bonds. The number of nitrogens with one attached hydrogen (secondary N) is 1. The Kier molecular flexibility index (Phi) is 4.63. The number of carbonyl (C=O) groups is 2. The molecule has 0 bridgehead atoms. The molecule has 3 heterocycles. The number of carbonyl (C=O) groups excluding carboxylic acids is 2. The topological polar surface area (TPSA) is 97.3 Å². The van der Waals surface area contributed by atoms with Crippen LogP contribution in [0.3, 0.4) is 0 Å². The van der Waals surface area contributed by atoms with Crippen LogP contribution in [-0.4, -0.2) is 73.0 Å². The van der Waals surface area contributed by atoms with Crippen molar-refractivity contribution in [1.29, 1.82) is 0 Å². The molecule has 172 valence electrons. The number of aliphatic hydroxyl groups is 1. The molecule has 1 saturated heterocycles. The second-order valence-electron chi connectivity index (χ2n) is 9.35. The minimum absolute atomic E-state index is 0.0635. The van der Waals surface area contributed by atoms with Gasteiger partial charge in [0.1, 0.15) is 5.75 Å². The van der Waals surface area contributed by atoms with Crippen LogP contribution >= 0.6 is 0 Å². The van der Waals surface area contributed by atoms with Crippen LogP contribution in [0.25, 0.3) is 0 Å². The molecule has 8 nitrogen and oxygen atoms in total. The number of hydrogen-bond donors (Lipinski definition) is 2. The number of methoxy groups -OCH3 is 2. The maximum Gasteiger partial charge on any atom is 0.344 e. The summed E-state index contributed by atoms with van der Waals surface area (Å²) < 4.78 is 16.4. The van der Waals surface area contributed by atoms with Gasteiger partial charge in [0.15, 0.2) is 6.10 Å². The van der Waals surface area contributed by atoms with Gasteiger partial charge in [-0.05, 0) is 31.0 Å². The predicted octanol–water partition coefficient (Wildman–Crippen LogP) is 1.62. The van der Waals surface area contributed by atoms with Crippen LogP contribution < -0.4 is 10.1 Å². The van der Waals surface area contributed by atoms with Crippen LogP contribution in [0.15, 0.2) is 30.4 Å². The van der Waals surface area contributed by atoms with Crippen LogP contribution in [0.1, 0.15) is 32.3 Å². The second kappa shape index (κ2) is 6.96. The van der Waals surface area contributed by atoms with Crippen molar-refractivity contribution in [1.82, 2.24) is 4.90 Å². The highest BCUT2D eigenvalue weighted by molar-refractivity contribution is 5.86. The Bertz CT molecular complexity index is 1010. The molecule has 4 aliphatic rings. The molecule has 1 saturated carbocycles. The number of rotatable bonds is 4. The van der Waals surface area contributed by atoms with Gasteiger partial charge < -0.3 is 24.6 Å². The first-order chi connectivity index (χ1) is 15.3. The Hall–Kier alpha value is -2.58. The quantitative estimate of drug-likeness (QED) is 0.536. The summed E-state index contributed by atoms with van der Waals surface area (Å²) in [6.45, 7) is 4.91. The highest BCUT2D eigenvalue weighted by Gasteiger charge is 2.79. The molecule has 0 radical (unpaired) electrons. The zero-order valence-corrected chi connectivity index (χ0v) is 18.9. The first kappa shape index (κ1) is 21.3. The summed E-state index contributed by atoms with van der Waals surface area (Å²) in [6.07, 6.45) is 4.35. The molecule has 6 atom stereocenters. The summed E-state index contributed by atoms with van der Waals surface area (Å²) in [4.78, 5) is 28.0. The highest BCUT2D eigenvalue weighted by Crippen LogP contribution is 2.66. The number of ether oxygens (including phenoxy) is 3. The van der Waals surface area contributed by atoms with Gasteiger partial charge in [0.05, 0.1) is 20.3 Å². The van der Waals surface area contributed by atoms with E-state index in [9.17, 15) is 14.7 Å². The lowest BCUT2D eigenvalue weighted by molar-refractivity contribution is -0.226.